The minimum atomic E-state index is -0.612. The largest absolute Gasteiger partial charge is 0.453 e. The van der Waals surface area contributed by atoms with Gasteiger partial charge in [-0.25, -0.2) is 19.7 Å². The highest BCUT2D eigenvalue weighted by molar-refractivity contribution is 5.83. The Morgan fingerprint density at radius 2 is 2.00 bits per heavy atom. The van der Waals surface area contributed by atoms with Gasteiger partial charge in [-0.3, -0.25) is 5.32 Å². The molecular weight excluding hydrogens is 298 g/mol. The van der Waals surface area contributed by atoms with Gasteiger partial charge in [-0.05, 0) is 12.8 Å². The Bertz CT molecular complexity index is 718. The smallest absolute Gasteiger partial charge is 0.412 e. The van der Waals surface area contributed by atoms with Crippen molar-refractivity contribution in [2.24, 2.45) is 0 Å². The highest BCUT2D eigenvalue weighted by Crippen LogP contribution is 2.33. The van der Waals surface area contributed by atoms with Crippen molar-refractivity contribution in [1.82, 2.24) is 15.0 Å². The number of hydrogen-bond donors (Lipinski definition) is 2. The van der Waals surface area contributed by atoms with Crippen LogP contribution in [0.25, 0.3) is 0 Å². The van der Waals surface area contributed by atoms with E-state index in [4.69, 9.17) is 10.5 Å². The Morgan fingerprint density at radius 3 is 2.61 bits per heavy atom. The normalized spacial score (nSPS) is 10.5. The number of rotatable bonds is 4. The van der Waals surface area contributed by atoms with Crippen LogP contribution < -0.4 is 15.8 Å². The van der Waals surface area contributed by atoms with Crippen LogP contribution >= 0.6 is 0 Å². The van der Waals surface area contributed by atoms with Crippen molar-refractivity contribution in [2.75, 3.05) is 18.2 Å². The molecule has 2 aromatic rings. The summed E-state index contributed by atoms with van der Waals surface area (Å²) >= 11 is 0. The molecule has 0 saturated carbocycles. The Labute approximate surface area is 134 Å². The van der Waals surface area contributed by atoms with E-state index in [9.17, 15) is 4.79 Å². The zero-order valence-corrected chi connectivity index (χ0v) is 13.5. The van der Waals surface area contributed by atoms with Crippen LogP contribution in [-0.2, 0) is 4.74 Å². The zero-order valence-electron chi connectivity index (χ0n) is 13.5. The van der Waals surface area contributed by atoms with Crippen molar-refractivity contribution in [3.05, 3.63) is 29.8 Å². The average Bonchev–Trinajstić information content (AvgIpc) is 2.50. The summed E-state index contributed by atoms with van der Waals surface area (Å²) in [6, 6.07) is 1.60. The Hall–Kier alpha value is -2.90. The lowest BCUT2D eigenvalue weighted by molar-refractivity contribution is 0.187. The molecule has 2 rings (SSSR count). The molecule has 0 radical (unpaired) electrons. The highest BCUT2D eigenvalue weighted by Gasteiger charge is 2.14. The number of carbonyl (C=O) groups excluding carboxylic acids is 1. The lowest BCUT2D eigenvalue weighted by Gasteiger charge is -2.15. The first-order valence-corrected chi connectivity index (χ1v) is 7.02. The molecule has 0 saturated heterocycles. The molecule has 0 unspecified atom stereocenters. The van der Waals surface area contributed by atoms with E-state index >= 15 is 0 Å². The summed E-state index contributed by atoms with van der Waals surface area (Å²) in [7, 11) is 1.28. The molecule has 23 heavy (non-hydrogen) atoms. The molecule has 2 aromatic heterocycles. The first kappa shape index (κ1) is 16.5. The summed E-state index contributed by atoms with van der Waals surface area (Å²) in [6.07, 6.45) is 2.53. The number of aromatic nitrogens is 3. The molecule has 8 heteroatoms. The average molecular weight is 317 g/mol. The minimum absolute atomic E-state index is 0.164. The maximum absolute atomic E-state index is 11.3. The number of aryl methyl sites for hydroxylation is 1. The number of pyridine rings is 1. The van der Waals surface area contributed by atoms with E-state index < -0.39 is 6.09 Å². The number of hydrogen-bond acceptors (Lipinski definition) is 7. The van der Waals surface area contributed by atoms with Gasteiger partial charge in [-0.1, -0.05) is 13.8 Å². The van der Waals surface area contributed by atoms with Gasteiger partial charge in [0.2, 0.25) is 0 Å². The van der Waals surface area contributed by atoms with E-state index in [-0.39, 0.29) is 11.7 Å². The van der Waals surface area contributed by atoms with Crippen molar-refractivity contribution in [2.45, 2.75) is 26.7 Å². The van der Waals surface area contributed by atoms with Crippen LogP contribution in [0.5, 0.6) is 11.5 Å². The fraction of sp³-hybridized carbons (Fsp3) is 0.333. The molecule has 0 atom stereocenters. The first-order valence-electron chi connectivity index (χ1n) is 7.02. The lowest BCUT2D eigenvalue weighted by Crippen LogP contribution is -2.12. The Balaban J connectivity index is 2.37. The highest BCUT2D eigenvalue weighted by atomic mass is 16.5. The van der Waals surface area contributed by atoms with E-state index in [1.165, 1.54) is 13.3 Å². The number of carbonyl (C=O) groups is 1. The standard InChI is InChI=1S/C15H19N5O3/c1-8(2)10-6-18-13(20-15(21)22-4)5-11(10)23-12-7-17-9(3)19-14(12)16/h5-8H,1-4H3,(H2,16,17,19)(H,18,20,21). The van der Waals surface area contributed by atoms with Crippen molar-refractivity contribution < 1.29 is 14.3 Å². The second-order valence-corrected chi connectivity index (χ2v) is 5.15. The van der Waals surface area contributed by atoms with Crippen LogP contribution in [0, 0.1) is 6.92 Å². The van der Waals surface area contributed by atoms with Gasteiger partial charge in [-0.15, -0.1) is 0 Å². The Kier molecular flexibility index (Phi) is 4.95. The molecule has 0 aliphatic carbocycles. The summed E-state index contributed by atoms with van der Waals surface area (Å²) in [5.74, 6) is 2.13. The molecule has 0 spiro atoms. The summed E-state index contributed by atoms with van der Waals surface area (Å²) in [5, 5.41) is 2.49. The lowest BCUT2D eigenvalue weighted by atomic mass is 10.0. The maximum atomic E-state index is 11.3. The molecule has 3 N–H and O–H groups in total. The minimum Gasteiger partial charge on any atom is -0.453 e. The fourth-order valence-electron chi connectivity index (χ4n) is 1.87. The van der Waals surface area contributed by atoms with Crippen LogP contribution in [0.4, 0.5) is 16.4 Å². The fourth-order valence-corrected chi connectivity index (χ4v) is 1.87. The summed E-state index contributed by atoms with van der Waals surface area (Å²) in [4.78, 5) is 23.6. The molecule has 0 aliphatic rings. The topological polar surface area (TPSA) is 112 Å². The van der Waals surface area contributed by atoms with Crippen molar-refractivity contribution in [3.63, 3.8) is 0 Å². The van der Waals surface area contributed by atoms with Crippen LogP contribution in [0.1, 0.15) is 31.2 Å². The van der Waals surface area contributed by atoms with Crippen molar-refractivity contribution >= 4 is 17.7 Å². The number of nitrogens with zero attached hydrogens (tertiary/aromatic N) is 3. The van der Waals surface area contributed by atoms with Crippen LogP contribution in [-0.4, -0.2) is 28.2 Å². The van der Waals surface area contributed by atoms with Gasteiger partial charge in [0, 0.05) is 17.8 Å². The third kappa shape index (κ3) is 4.06. The zero-order chi connectivity index (χ0) is 17.0. The quantitative estimate of drug-likeness (QED) is 0.891. The van der Waals surface area contributed by atoms with Crippen LogP contribution in [0.15, 0.2) is 18.5 Å². The second-order valence-electron chi connectivity index (χ2n) is 5.15. The van der Waals surface area contributed by atoms with Crippen LogP contribution in [0.2, 0.25) is 0 Å². The van der Waals surface area contributed by atoms with Crippen molar-refractivity contribution in [1.29, 1.82) is 0 Å². The van der Waals surface area contributed by atoms with Gasteiger partial charge in [0.05, 0.1) is 13.3 Å². The van der Waals surface area contributed by atoms with Gasteiger partial charge in [0.25, 0.3) is 0 Å². The van der Waals surface area contributed by atoms with Gasteiger partial charge in [0.15, 0.2) is 11.6 Å². The monoisotopic (exact) mass is 317 g/mol. The van der Waals surface area contributed by atoms with Gasteiger partial charge >= 0.3 is 6.09 Å². The molecule has 2 heterocycles. The first-order chi connectivity index (χ1) is 10.9. The molecule has 0 bridgehead atoms. The van der Waals surface area contributed by atoms with Gasteiger partial charge in [0.1, 0.15) is 17.4 Å². The third-order valence-electron chi connectivity index (χ3n) is 3.06. The number of anilines is 2. The summed E-state index contributed by atoms with van der Waals surface area (Å²) in [6.45, 7) is 5.75. The molecule has 1 amide bonds. The number of nitrogens with one attached hydrogen (secondary N) is 1. The summed E-state index contributed by atoms with van der Waals surface area (Å²) in [5.41, 5.74) is 6.72. The maximum Gasteiger partial charge on any atom is 0.412 e. The molecule has 0 aromatic carbocycles. The SMILES string of the molecule is COC(=O)Nc1cc(Oc2cnc(C)nc2N)c(C(C)C)cn1. The molecule has 0 fully saturated rings. The van der Waals surface area contributed by atoms with Gasteiger partial charge in [-0.2, -0.15) is 0 Å². The molecule has 122 valence electrons. The predicted molar refractivity (Wildman–Crippen MR) is 85.6 cm³/mol. The number of ether oxygens (including phenoxy) is 2. The molecule has 0 aliphatic heterocycles. The number of nitrogens with two attached hydrogens (primary N) is 1. The van der Waals surface area contributed by atoms with E-state index in [0.29, 0.717) is 23.1 Å². The van der Waals surface area contributed by atoms with E-state index in [1.807, 2.05) is 13.8 Å². The molecule has 8 nitrogen and oxygen atoms in total. The summed E-state index contributed by atoms with van der Waals surface area (Å²) < 4.78 is 10.4. The van der Waals surface area contributed by atoms with E-state index in [1.54, 1.807) is 19.2 Å². The van der Waals surface area contributed by atoms with E-state index in [2.05, 4.69) is 25.0 Å². The second kappa shape index (κ2) is 6.91. The van der Waals surface area contributed by atoms with Gasteiger partial charge < -0.3 is 15.2 Å². The number of nitrogen functional groups attached to an aromatic ring is 1. The molecular formula is C15H19N5O3. The third-order valence-corrected chi connectivity index (χ3v) is 3.06. The predicted octanol–water partition coefficient (Wildman–Crippen LogP) is 2.86. The number of amides is 1. The van der Waals surface area contributed by atoms with Crippen LogP contribution in [0.3, 0.4) is 0 Å². The van der Waals surface area contributed by atoms with Crippen molar-refractivity contribution in [3.8, 4) is 11.5 Å². The number of methoxy groups -OCH3 is 1. The van der Waals surface area contributed by atoms with E-state index in [0.717, 1.165) is 5.56 Å². The Morgan fingerprint density at radius 1 is 1.26 bits per heavy atom.